The molecule has 2 rings (SSSR count). The van der Waals surface area contributed by atoms with Gasteiger partial charge in [-0.3, -0.25) is 0 Å². The number of carbonyl (C=O) groups excluding carboxylic acids is 1. The van der Waals surface area contributed by atoms with Gasteiger partial charge in [-0.2, -0.15) is 5.10 Å². The zero-order valence-electron chi connectivity index (χ0n) is 10.9. The number of halogens is 1. The third kappa shape index (κ3) is 4.20. The molecule has 0 radical (unpaired) electrons. The average Bonchev–Trinajstić information content (AvgIpc) is 2.41. The number of carbonyl (C=O) groups is 1. The Labute approximate surface area is 116 Å². The number of amides is 2. The minimum atomic E-state index is -0.436. The highest BCUT2D eigenvalue weighted by atomic mass is 19.1. The van der Waals surface area contributed by atoms with E-state index in [2.05, 4.69) is 15.8 Å². The fraction of sp³-hybridized carbons (Fsp3) is 0.0667. The van der Waals surface area contributed by atoms with Crippen molar-refractivity contribution < 1.29 is 9.18 Å². The van der Waals surface area contributed by atoms with Crippen LogP contribution in [0.15, 0.2) is 53.6 Å². The molecule has 0 atom stereocenters. The molecular weight excluding hydrogens is 257 g/mol. The summed E-state index contributed by atoms with van der Waals surface area (Å²) in [7, 11) is 0. The Balaban J connectivity index is 1.87. The number of urea groups is 1. The Hall–Kier alpha value is -2.69. The third-order valence-corrected chi connectivity index (χ3v) is 2.53. The fourth-order valence-corrected chi connectivity index (χ4v) is 1.60. The summed E-state index contributed by atoms with van der Waals surface area (Å²) < 4.78 is 12.7. The van der Waals surface area contributed by atoms with Crippen molar-refractivity contribution in [3.8, 4) is 0 Å². The monoisotopic (exact) mass is 271 g/mol. The van der Waals surface area contributed by atoms with Gasteiger partial charge in [0.25, 0.3) is 0 Å². The molecule has 0 aliphatic rings. The van der Waals surface area contributed by atoms with Crippen LogP contribution in [-0.4, -0.2) is 12.2 Å². The van der Waals surface area contributed by atoms with E-state index in [1.165, 1.54) is 18.3 Å². The van der Waals surface area contributed by atoms with Gasteiger partial charge in [0.15, 0.2) is 0 Å². The standard InChI is InChI=1S/C15H14FN3O/c1-11-3-2-4-14(9-11)18-15(20)19-17-10-12-5-7-13(16)8-6-12/h2-10H,1H3,(H2,18,19,20)/b17-10+. The lowest BCUT2D eigenvalue weighted by molar-refractivity contribution is 0.252. The Morgan fingerprint density at radius 2 is 1.95 bits per heavy atom. The number of hydrogen-bond donors (Lipinski definition) is 2. The van der Waals surface area contributed by atoms with Crippen LogP contribution in [-0.2, 0) is 0 Å². The SMILES string of the molecule is Cc1cccc(NC(=O)N/N=C/c2ccc(F)cc2)c1. The Bertz CT molecular complexity index is 623. The number of rotatable bonds is 3. The number of hydrazone groups is 1. The Morgan fingerprint density at radius 3 is 2.65 bits per heavy atom. The van der Waals surface area contributed by atoms with E-state index < -0.39 is 6.03 Å². The lowest BCUT2D eigenvalue weighted by atomic mass is 10.2. The maximum atomic E-state index is 12.7. The zero-order chi connectivity index (χ0) is 14.4. The highest BCUT2D eigenvalue weighted by Gasteiger charge is 1.99. The van der Waals surface area contributed by atoms with E-state index in [1.54, 1.807) is 18.2 Å². The quantitative estimate of drug-likeness (QED) is 0.653. The summed E-state index contributed by atoms with van der Waals surface area (Å²) in [4.78, 5) is 11.6. The predicted octanol–water partition coefficient (Wildman–Crippen LogP) is 3.29. The summed E-state index contributed by atoms with van der Waals surface area (Å²) in [5.74, 6) is -0.313. The van der Waals surface area contributed by atoms with Crippen LogP contribution in [0.3, 0.4) is 0 Å². The number of aryl methyl sites for hydroxylation is 1. The molecule has 0 spiro atoms. The van der Waals surface area contributed by atoms with E-state index in [-0.39, 0.29) is 5.82 Å². The normalized spacial score (nSPS) is 10.5. The molecule has 0 heterocycles. The van der Waals surface area contributed by atoms with Gasteiger partial charge < -0.3 is 5.32 Å². The molecule has 102 valence electrons. The van der Waals surface area contributed by atoms with Gasteiger partial charge >= 0.3 is 6.03 Å². The Kier molecular flexibility index (Phi) is 4.44. The number of hydrogen-bond acceptors (Lipinski definition) is 2. The summed E-state index contributed by atoms with van der Waals surface area (Å²) in [6.07, 6.45) is 1.44. The predicted molar refractivity (Wildman–Crippen MR) is 77.3 cm³/mol. The maximum Gasteiger partial charge on any atom is 0.339 e. The first kappa shape index (κ1) is 13.7. The van der Waals surface area contributed by atoms with Gasteiger partial charge in [0.2, 0.25) is 0 Å². The van der Waals surface area contributed by atoms with Gasteiger partial charge in [0, 0.05) is 5.69 Å². The van der Waals surface area contributed by atoms with Crippen LogP contribution in [0, 0.1) is 12.7 Å². The van der Waals surface area contributed by atoms with E-state index in [1.807, 2.05) is 25.1 Å². The first-order valence-electron chi connectivity index (χ1n) is 6.06. The molecule has 5 heteroatoms. The van der Waals surface area contributed by atoms with E-state index in [0.717, 1.165) is 5.56 Å². The van der Waals surface area contributed by atoms with E-state index in [9.17, 15) is 9.18 Å². The topological polar surface area (TPSA) is 53.5 Å². The van der Waals surface area contributed by atoms with Crippen LogP contribution >= 0.6 is 0 Å². The second-order valence-corrected chi connectivity index (χ2v) is 4.25. The summed E-state index contributed by atoms with van der Waals surface area (Å²) in [6.45, 7) is 1.94. The lowest BCUT2D eigenvalue weighted by Crippen LogP contribution is -2.24. The van der Waals surface area contributed by atoms with E-state index in [0.29, 0.717) is 11.3 Å². The molecule has 0 saturated carbocycles. The number of anilines is 1. The van der Waals surface area contributed by atoms with Gasteiger partial charge in [-0.1, -0.05) is 24.3 Å². The summed E-state index contributed by atoms with van der Waals surface area (Å²) in [6, 6.07) is 12.8. The van der Waals surface area contributed by atoms with Crippen molar-refractivity contribution in [2.24, 2.45) is 5.10 Å². The minimum Gasteiger partial charge on any atom is -0.307 e. The van der Waals surface area contributed by atoms with Crippen molar-refractivity contribution in [1.29, 1.82) is 0 Å². The summed E-state index contributed by atoms with van der Waals surface area (Å²) in [5.41, 5.74) is 4.78. The largest absolute Gasteiger partial charge is 0.339 e. The van der Waals surface area contributed by atoms with Crippen molar-refractivity contribution in [3.05, 3.63) is 65.5 Å². The van der Waals surface area contributed by atoms with Crippen molar-refractivity contribution in [3.63, 3.8) is 0 Å². The van der Waals surface area contributed by atoms with Crippen LogP contribution in [0.4, 0.5) is 14.9 Å². The molecule has 0 aliphatic heterocycles. The Morgan fingerprint density at radius 1 is 1.20 bits per heavy atom. The highest BCUT2D eigenvalue weighted by Crippen LogP contribution is 2.08. The zero-order valence-corrected chi connectivity index (χ0v) is 10.9. The molecule has 2 aromatic rings. The fourth-order valence-electron chi connectivity index (χ4n) is 1.60. The highest BCUT2D eigenvalue weighted by molar-refractivity contribution is 5.90. The molecule has 0 saturated heterocycles. The third-order valence-electron chi connectivity index (χ3n) is 2.53. The molecule has 0 aliphatic carbocycles. The first-order valence-corrected chi connectivity index (χ1v) is 6.06. The van der Waals surface area contributed by atoms with Crippen LogP contribution in [0.5, 0.6) is 0 Å². The maximum absolute atomic E-state index is 12.7. The van der Waals surface area contributed by atoms with Gasteiger partial charge in [0.05, 0.1) is 6.21 Å². The van der Waals surface area contributed by atoms with Gasteiger partial charge in [-0.15, -0.1) is 0 Å². The van der Waals surface area contributed by atoms with Gasteiger partial charge in [-0.05, 0) is 42.3 Å². The van der Waals surface area contributed by atoms with E-state index >= 15 is 0 Å². The summed E-state index contributed by atoms with van der Waals surface area (Å²) in [5, 5.41) is 6.43. The van der Waals surface area contributed by atoms with E-state index in [4.69, 9.17) is 0 Å². The van der Waals surface area contributed by atoms with Gasteiger partial charge in [-0.25, -0.2) is 14.6 Å². The van der Waals surface area contributed by atoms with Crippen molar-refractivity contribution in [1.82, 2.24) is 5.43 Å². The smallest absolute Gasteiger partial charge is 0.307 e. The van der Waals surface area contributed by atoms with Crippen LogP contribution < -0.4 is 10.7 Å². The van der Waals surface area contributed by atoms with Crippen LogP contribution in [0.2, 0.25) is 0 Å². The number of benzene rings is 2. The molecule has 0 bridgehead atoms. The molecule has 0 fully saturated rings. The number of nitrogens with zero attached hydrogens (tertiary/aromatic N) is 1. The van der Waals surface area contributed by atoms with Gasteiger partial charge in [0.1, 0.15) is 5.82 Å². The van der Waals surface area contributed by atoms with Crippen molar-refractivity contribution in [2.75, 3.05) is 5.32 Å². The molecule has 2 N–H and O–H groups in total. The second-order valence-electron chi connectivity index (χ2n) is 4.25. The molecule has 20 heavy (non-hydrogen) atoms. The first-order chi connectivity index (χ1) is 9.63. The molecule has 0 unspecified atom stereocenters. The van der Waals surface area contributed by atoms with Crippen LogP contribution in [0.25, 0.3) is 0 Å². The summed E-state index contributed by atoms with van der Waals surface area (Å²) >= 11 is 0. The molecule has 0 aromatic heterocycles. The molecule has 2 amide bonds. The number of nitrogens with one attached hydrogen (secondary N) is 2. The van der Waals surface area contributed by atoms with Crippen molar-refractivity contribution >= 4 is 17.9 Å². The molecule has 4 nitrogen and oxygen atoms in total. The van der Waals surface area contributed by atoms with Crippen LogP contribution in [0.1, 0.15) is 11.1 Å². The second kappa shape index (κ2) is 6.47. The average molecular weight is 271 g/mol. The molecule has 2 aromatic carbocycles. The van der Waals surface area contributed by atoms with Crippen molar-refractivity contribution in [2.45, 2.75) is 6.92 Å². The molecular formula is C15H14FN3O. The lowest BCUT2D eigenvalue weighted by Gasteiger charge is -2.04. The minimum absolute atomic E-state index is 0.313.